The van der Waals surface area contributed by atoms with Gasteiger partial charge in [0.05, 0.1) is 39.9 Å². The van der Waals surface area contributed by atoms with Gasteiger partial charge >= 0.3 is 7.82 Å². The molecule has 0 heterocycles. The first-order valence-corrected chi connectivity index (χ1v) is 29.6. The van der Waals surface area contributed by atoms with Gasteiger partial charge in [-0.2, -0.15) is 0 Å². The molecule has 0 aliphatic rings. The molecule has 0 saturated heterocycles. The Balaban J connectivity index is 4.03. The van der Waals surface area contributed by atoms with E-state index in [1.807, 2.05) is 27.2 Å². The molecule has 8 nitrogen and oxygen atoms in total. The molecule has 1 unspecified atom stereocenters. The molecular formula is C55H112N2O6P+. The first-order chi connectivity index (χ1) is 31.0. The van der Waals surface area contributed by atoms with Gasteiger partial charge in [-0.25, -0.2) is 4.57 Å². The molecule has 9 heteroatoms. The minimum atomic E-state index is -4.34. The van der Waals surface area contributed by atoms with E-state index in [0.29, 0.717) is 17.4 Å². The Morgan fingerprint density at radius 1 is 0.516 bits per heavy atom. The van der Waals surface area contributed by atoms with Gasteiger partial charge in [-0.15, -0.1) is 0 Å². The van der Waals surface area contributed by atoms with Crippen molar-refractivity contribution in [3.8, 4) is 0 Å². The Morgan fingerprint density at radius 3 is 1.16 bits per heavy atom. The molecule has 0 aromatic carbocycles. The van der Waals surface area contributed by atoms with Gasteiger partial charge in [0, 0.05) is 6.42 Å². The van der Waals surface area contributed by atoms with E-state index in [-0.39, 0.29) is 19.1 Å². The summed E-state index contributed by atoms with van der Waals surface area (Å²) in [5.41, 5.74) is 0. The Morgan fingerprint density at radius 2 is 0.828 bits per heavy atom. The Labute approximate surface area is 399 Å². The number of aliphatic hydroxyl groups is 1. The average Bonchev–Trinajstić information content (AvgIpc) is 3.25. The highest BCUT2D eigenvalue weighted by Crippen LogP contribution is 2.43. The normalized spacial score (nSPS) is 14.0. The Bertz CT molecular complexity index is 1050. The number of phosphoric ester groups is 1. The highest BCUT2D eigenvalue weighted by molar-refractivity contribution is 7.47. The third-order valence-corrected chi connectivity index (χ3v) is 14.0. The van der Waals surface area contributed by atoms with E-state index < -0.39 is 20.0 Å². The predicted octanol–water partition coefficient (Wildman–Crippen LogP) is 16.7. The molecule has 382 valence electrons. The van der Waals surface area contributed by atoms with Gasteiger partial charge in [0.25, 0.3) is 0 Å². The number of phosphoric acid groups is 1. The minimum absolute atomic E-state index is 0.0649. The van der Waals surface area contributed by atoms with Gasteiger partial charge in [-0.05, 0) is 19.3 Å². The van der Waals surface area contributed by atoms with Crippen LogP contribution in [0, 0.1) is 0 Å². The molecule has 0 rings (SSSR count). The number of rotatable bonds is 52. The maximum atomic E-state index is 12.9. The average molecular weight is 928 g/mol. The van der Waals surface area contributed by atoms with Crippen molar-refractivity contribution in [2.45, 2.75) is 296 Å². The summed E-state index contributed by atoms with van der Waals surface area (Å²) in [5, 5.41) is 13.9. The third-order valence-electron chi connectivity index (χ3n) is 13.0. The van der Waals surface area contributed by atoms with Gasteiger partial charge in [0.2, 0.25) is 5.91 Å². The second-order valence-electron chi connectivity index (χ2n) is 20.7. The SMILES string of the molecule is CCCCCCCCCCCCC/C=C/[C@@H](O)[C@H](COP(=O)(O)OCC[N+](C)(C)C)NC(=O)CCCCCCCCCCCCCCCCCCCCCCCCCCCCCCC. The fourth-order valence-electron chi connectivity index (χ4n) is 8.57. The second-order valence-corrected chi connectivity index (χ2v) is 22.1. The van der Waals surface area contributed by atoms with Gasteiger partial charge in [-0.1, -0.05) is 270 Å². The molecule has 0 fully saturated rings. The molecule has 0 spiro atoms. The molecule has 0 bridgehead atoms. The van der Waals surface area contributed by atoms with Crippen LogP contribution >= 0.6 is 7.82 Å². The lowest BCUT2D eigenvalue weighted by Crippen LogP contribution is -2.45. The van der Waals surface area contributed by atoms with E-state index in [1.54, 1.807) is 6.08 Å². The molecular weight excluding hydrogens is 816 g/mol. The van der Waals surface area contributed by atoms with Gasteiger partial charge in [-0.3, -0.25) is 13.8 Å². The van der Waals surface area contributed by atoms with Crippen LogP contribution in [0.2, 0.25) is 0 Å². The molecule has 0 radical (unpaired) electrons. The summed E-state index contributed by atoms with van der Waals surface area (Å²) in [5.74, 6) is -0.171. The van der Waals surface area contributed by atoms with Crippen molar-refractivity contribution in [3.05, 3.63) is 12.2 Å². The summed E-state index contributed by atoms with van der Waals surface area (Å²) in [7, 11) is 1.59. The van der Waals surface area contributed by atoms with Crippen molar-refractivity contribution >= 4 is 13.7 Å². The Kier molecular flexibility index (Phi) is 46.8. The zero-order valence-electron chi connectivity index (χ0n) is 43.6. The third kappa shape index (κ3) is 49.2. The van der Waals surface area contributed by atoms with E-state index in [4.69, 9.17) is 9.05 Å². The topological polar surface area (TPSA) is 105 Å². The number of nitrogens with zero attached hydrogens (tertiary/aromatic N) is 1. The summed E-state index contributed by atoms with van der Waals surface area (Å²) in [6, 6.07) is -0.841. The smallest absolute Gasteiger partial charge is 0.387 e. The monoisotopic (exact) mass is 928 g/mol. The quantitative estimate of drug-likeness (QED) is 0.0243. The first-order valence-electron chi connectivity index (χ1n) is 28.1. The van der Waals surface area contributed by atoms with Gasteiger partial charge in [0.1, 0.15) is 13.2 Å². The van der Waals surface area contributed by atoms with Crippen molar-refractivity contribution in [1.29, 1.82) is 0 Å². The maximum absolute atomic E-state index is 12.9. The standard InChI is InChI=1S/C55H111N2O6P/c1-6-8-10-12-14-16-18-20-21-22-23-24-25-26-27-28-29-30-31-32-33-34-35-37-39-41-43-45-47-49-55(59)56-53(52-63-64(60,61)62-51-50-57(3,4)5)54(58)48-46-44-42-40-38-36-19-17-15-13-11-9-7-2/h46,48,53-54,58H,6-45,47,49-52H2,1-5H3,(H-,56,59,60,61)/p+1/b48-46+/t53-,54+/m0/s1. The van der Waals surface area contributed by atoms with Crippen LogP contribution in [-0.4, -0.2) is 73.4 Å². The van der Waals surface area contributed by atoms with Crippen LogP contribution in [-0.2, 0) is 18.4 Å². The molecule has 0 saturated carbocycles. The summed E-state index contributed by atoms with van der Waals surface area (Å²) >= 11 is 0. The second kappa shape index (κ2) is 47.3. The van der Waals surface area contributed by atoms with Crippen molar-refractivity contribution in [3.63, 3.8) is 0 Å². The lowest BCUT2D eigenvalue weighted by atomic mass is 10.0. The van der Waals surface area contributed by atoms with E-state index in [9.17, 15) is 19.4 Å². The highest BCUT2D eigenvalue weighted by Gasteiger charge is 2.27. The summed E-state index contributed by atoms with van der Waals surface area (Å²) in [4.78, 5) is 23.2. The molecule has 3 N–H and O–H groups in total. The molecule has 0 aromatic heterocycles. The van der Waals surface area contributed by atoms with Crippen molar-refractivity contribution in [2.24, 2.45) is 0 Å². The van der Waals surface area contributed by atoms with Crippen LogP contribution in [0.15, 0.2) is 12.2 Å². The van der Waals surface area contributed by atoms with Crippen molar-refractivity contribution in [2.75, 3.05) is 40.9 Å². The largest absolute Gasteiger partial charge is 0.472 e. The minimum Gasteiger partial charge on any atom is -0.387 e. The number of aliphatic hydroxyl groups excluding tert-OH is 1. The number of quaternary nitrogens is 1. The van der Waals surface area contributed by atoms with Crippen LogP contribution in [0.1, 0.15) is 284 Å². The summed E-state index contributed by atoms with van der Waals surface area (Å²) < 4.78 is 23.6. The molecule has 1 amide bonds. The predicted molar refractivity (Wildman–Crippen MR) is 277 cm³/mol. The molecule has 0 aromatic rings. The summed E-state index contributed by atoms with van der Waals surface area (Å²) in [6.07, 6.45) is 57.5. The van der Waals surface area contributed by atoms with Gasteiger partial charge in [0.15, 0.2) is 0 Å². The number of carbonyl (C=O) groups is 1. The number of nitrogens with one attached hydrogen (secondary N) is 1. The zero-order chi connectivity index (χ0) is 47.1. The number of hydrogen-bond donors (Lipinski definition) is 3. The van der Waals surface area contributed by atoms with E-state index in [1.165, 1.54) is 225 Å². The lowest BCUT2D eigenvalue weighted by molar-refractivity contribution is -0.870. The molecule has 3 atom stereocenters. The highest BCUT2D eigenvalue weighted by atomic mass is 31.2. The van der Waals surface area contributed by atoms with Crippen LogP contribution in [0.25, 0.3) is 0 Å². The number of likely N-dealkylation sites (N-methyl/N-ethyl adjacent to an activating group) is 1. The fourth-order valence-corrected chi connectivity index (χ4v) is 9.31. The van der Waals surface area contributed by atoms with E-state index in [2.05, 4.69) is 19.2 Å². The number of carbonyl (C=O) groups excluding carboxylic acids is 1. The van der Waals surface area contributed by atoms with E-state index in [0.717, 1.165) is 38.5 Å². The summed E-state index contributed by atoms with van der Waals surface area (Å²) in [6.45, 7) is 4.85. The first kappa shape index (κ1) is 63.2. The van der Waals surface area contributed by atoms with Crippen LogP contribution < -0.4 is 5.32 Å². The number of allylic oxidation sites excluding steroid dienone is 1. The van der Waals surface area contributed by atoms with Crippen LogP contribution in [0.4, 0.5) is 0 Å². The van der Waals surface area contributed by atoms with Gasteiger partial charge < -0.3 is 19.8 Å². The number of amides is 1. The maximum Gasteiger partial charge on any atom is 0.472 e. The molecule has 0 aliphatic heterocycles. The Hall–Kier alpha value is -0.760. The fraction of sp³-hybridized carbons (Fsp3) is 0.945. The molecule has 0 aliphatic carbocycles. The lowest BCUT2D eigenvalue weighted by Gasteiger charge is -2.25. The van der Waals surface area contributed by atoms with Crippen molar-refractivity contribution in [1.82, 2.24) is 5.32 Å². The molecule has 64 heavy (non-hydrogen) atoms. The zero-order valence-corrected chi connectivity index (χ0v) is 44.4. The number of hydrogen-bond acceptors (Lipinski definition) is 5. The van der Waals surface area contributed by atoms with Crippen LogP contribution in [0.3, 0.4) is 0 Å². The van der Waals surface area contributed by atoms with E-state index >= 15 is 0 Å². The van der Waals surface area contributed by atoms with Crippen molar-refractivity contribution < 1.29 is 32.9 Å². The van der Waals surface area contributed by atoms with Crippen LogP contribution in [0.5, 0.6) is 0 Å². The number of unbranched alkanes of at least 4 members (excludes halogenated alkanes) is 39.